The normalized spacial score (nSPS) is 10.8. The molecule has 4 heteroatoms. The van der Waals surface area contributed by atoms with Gasteiger partial charge in [0.2, 0.25) is 0 Å². The Kier molecular flexibility index (Phi) is 4.47. The van der Waals surface area contributed by atoms with Gasteiger partial charge in [0.05, 0.1) is 24.3 Å². The van der Waals surface area contributed by atoms with Gasteiger partial charge in [-0.3, -0.25) is 0 Å². The summed E-state index contributed by atoms with van der Waals surface area (Å²) in [6.07, 6.45) is 0. The smallest absolute Gasteiger partial charge is 0.338 e. The predicted octanol–water partition coefficient (Wildman–Crippen LogP) is 4.35. The molecular weight excluding hydrogens is 304 g/mol. The zero-order chi connectivity index (χ0) is 17.1. The van der Waals surface area contributed by atoms with Crippen LogP contribution in [0.3, 0.4) is 0 Å². The fraction of sp³-hybridized carbons (Fsp3) is 0.200. The van der Waals surface area contributed by atoms with Crippen molar-refractivity contribution < 1.29 is 19.1 Å². The standard InChI is InChI=1S/C20H18O4/c1-3-23-19(21)15-7-9-17-13(11-15)5-6-14-12-16(8-10-18(14)17)20(22)24-4-2/h5-12H,3-4H2,1-2H3. The van der Waals surface area contributed by atoms with E-state index in [2.05, 4.69) is 0 Å². The first-order valence-electron chi connectivity index (χ1n) is 7.94. The second kappa shape index (κ2) is 6.71. The van der Waals surface area contributed by atoms with E-state index in [1.165, 1.54) is 0 Å². The summed E-state index contributed by atoms with van der Waals surface area (Å²) in [5.41, 5.74) is 1.07. The third-order valence-corrected chi connectivity index (χ3v) is 3.86. The highest BCUT2D eigenvalue weighted by atomic mass is 16.5. The van der Waals surface area contributed by atoms with E-state index < -0.39 is 0 Å². The molecule has 0 unspecified atom stereocenters. The molecular formula is C20H18O4. The summed E-state index contributed by atoms with van der Waals surface area (Å²) < 4.78 is 10.1. The van der Waals surface area contributed by atoms with Gasteiger partial charge >= 0.3 is 11.9 Å². The maximum atomic E-state index is 11.9. The molecule has 0 heterocycles. The van der Waals surface area contributed by atoms with Crippen LogP contribution in [0.15, 0.2) is 48.5 Å². The minimum Gasteiger partial charge on any atom is -0.462 e. The number of hydrogen-bond donors (Lipinski definition) is 0. The van der Waals surface area contributed by atoms with Gasteiger partial charge in [-0.25, -0.2) is 9.59 Å². The van der Waals surface area contributed by atoms with E-state index in [-0.39, 0.29) is 11.9 Å². The number of rotatable bonds is 4. The first kappa shape index (κ1) is 16.0. The summed E-state index contributed by atoms with van der Waals surface area (Å²) in [4.78, 5) is 23.7. The highest BCUT2D eigenvalue weighted by Crippen LogP contribution is 2.27. The van der Waals surface area contributed by atoms with Crippen molar-refractivity contribution in [1.82, 2.24) is 0 Å². The molecule has 0 aliphatic carbocycles. The number of carbonyl (C=O) groups excluding carboxylic acids is 2. The molecule has 0 aromatic heterocycles. The van der Waals surface area contributed by atoms with Crippen LogP contribution in [0, 0.1) is 0 Å². The van der Waals surface area contributed by atoms with Crippen LogP contribution >= 0.6 is 0 Å². The maximum Gasteiger partial charge on any atom is 0.338 e. The molecule has 0 saturated heterocycles. The third-order valence-electron chi connectivity index (χ3n) is 3.86. The molecule has 122 valence electrons. The number of carbonyl (C=O) groups is 2. The second-order valence-electron chi connectivity index (χ2n) is 5.38. The predicted molar refractivity (Wildman–Crippen MR) is 93.4 cm³/mol. The molecule has 0 atom stereocenters. The molecule has 0 amide bonds. The number of esters is 2. The molecule has 0 aliphatic heterocycles. The monoisotopic (exact) mass is 322 g/mol. The number of fused-ring (bicyclic) bond motifs is 3. The molecule has 3 rings (SSSR count). The Bertz CT molecular complexity index is 851. The topological polar surface area (TPSA) is 52.6 Å². The van der Waals surface area contributed by atoms with Crippen LogP contribution in [0.1, 0.15) is 34.6 Å². The Balaban J connectivity index is 2.07. The molecule has 3 aromatic carbocycles. The Hall–Kier alpha value is -2.88. The van der Waals surface area contributed by atoms with Crippen molar-refractivity contribution in [2.24, 2.45) is 0 Å². The molecule has 4 nitrogen and oxygen atoms in total. The molecule has 0 saturated carbocycles. The third kappa shape index (κ3) is 2.95. The van der Waals surface area contributed by atoms with Crippen LogP contribution in [0.4, 0.5) is 0 Å². The van der Waals surface area contributed by atoms with Crippen molar-refractivity contribution in [3.63, 3.8) is 0 Å². The number of hydrogen-bond acceptors (Lipinski definition) is 4. The van der Waals surface area contributed by atoms with Crippen LogP contribution in [0.5, 0.6) is 0 Å². The summed E-state index contributed by atoms with van der Waals surface area (Å²) in [5.74, 6) is -0.644. The van der Waals surface area contributed by atoms with Crippen LogP contribution in [-0.2, 0) is 9.47 Å². The average molecular weight is 322 g/mol. The van der Waals surface area contributed by atoms with Gasteiger partial charge in [-0.05, 0) is 59.7 Å². The summed E-state index contributed by atoms with van der Waals surface area (Å²) in [6, 6.07) is 14.9. The van der Waals surface area contributed by atoms with E-state index in [1.54, 1.807) is 26.0 Å². The van der Waals surface area contributed by atoms with Gasteiger partial charge in [-0.15, -0.1) is 0 Å². The Morgan fingerprint density at radius 1 is 0.708 bits per heavy atom. The van der Waals surface area contributed by atoms with Gasteiger partial charge in [-0.2, -0.15) is 0 Å². The number of ether oxygens (including phenoxy) is 2. The fourth-order valence-corrected chi connectivity index (χ4v) is 2.75. The molecule has 0 aliphatic rings. The quantitative estimate of drug-likeness (QED) is 0.529. The zero-order valence-corrected chi connectivity index (χ0v) is 13.7. The van der Waals surface area contributed by atoms with Crippen molar-refractivity contribution in [2.45, 2.75) is 13.8 Å². The van der Waals surface area contributed by atoms with Gasteiger partial charge in [0.1, 0.15) is 0 Å². The van der Waals surface area contributed by atoms with Crippen molar-refractivity contribution in [2.75, 3.05) is 13.2 Å². The van der Waals surface area contributed by atoms with Gasteiger partial charge < -0.3 is 9.47 Å². The summed E-state index contributed by atoms with van der Waals surface area (Å²) in [5, 5.41) is 3.96. The van der Waals surface area contributed by atoms with E-state index in [1.807, 2.05) is 36.4 Å². The lowest BCUT2D eigenvalue weighted by atomic mass is 9.98. The van der Waals surface area contributed by atoms with Crippen molar-refractivity contribution in [1.29, 1.82) is 0 Å². The Labute approximate surface area is 140 Å². The highest BCUT2D eigenvalue weighted by Gasteiger charge is 2.11. The lowest BCUT2D eigenvalue weighted by molar-refractivity contribution is 0.0517. The fourth-order valence-electron chi connectivity index (χ4n) is 2.75. The minimum absolute atomic E-state index is 0.322. The molecule has 0 bridgehead atoms. The van der Waals surface area contributed by atoms with Crippen LogP contribution in [-0.4, -0.2) is 25.2 Å². The average Bonchev–Trinajstić information content (AvgIpc) is 2.61. The van der Waals surface area contributed by atoms with Gasteiger partial charge in [-0.1, -0.05) is 24.3 Å². The molecule has 0 radical (unpaired) electrons. The molecule has 0 N–H and O–H groups in total. The van der Waals surface area contributed by atoms with Crippen LogP contribution < -0.4 is 0 Å². The first-order chi connectivity index (χ1) is 11.6. The van der Waals surface area contributed by atoms with Gasteiger partial charge in [0.25, 0.3) is 0 Å². The van der Waals surface area contributed by atoms with Crippen molar-refractivity contribution in [3.05, 3.63) is 59.7 Å². The Morgan fingerprint density at radius 2 is 1.12 bits per heavy atom. The summed E-state index contributed by atoms with van der Waals surface area (Å²) in [7, 11) is 0. The Morgan fingerprint density at radius 3 is 1.50 bits per heavy atom. The van der Waals surface area contributed by atoms with Gasteiger partial charge in [0, 0.05) is 0 Å². The van der Waals surface area contributed by atoms with Crippen LogP contribution in [0.2, 0.25) is 0 Å². The number of benzene rings is 3. The van der Waals surface area contributed by atoms with E-state index in [9.17, 15) is 9.59 Å². The lowest BCUT2D eigenvalue weighted by Crippen LogP contribution is -2.04. The summed E-state index contributed by atoms with van der Waals surface area (Å²) in [6.45, 7) is 4.28. The molecule has 3 aromatic rings. The highest BCUT2D eigenvalue weighted by molar-refractivity contribution is 6.10. The van der Waals surface area contributed by atoms with E-state index in [4.69, 9.17) is 9.47 Å². The van der Waals surface area contributed by atoms with Crippen molar-refractivity contribution in [3.8, 4) is 0 Å². The lowest BCUT2D eigenvalue weighted by Gasteiger charge is -2.08. The molecule has 0 fully saturated rings. The summed E-state index contributed by atoms with van der Waals surface area (Å²) >= 11 is 0. The molecule has 24 heavy (non-hydrogen) atoms. The zero-order valence-electron chi connectivity index (χ0n) is 13.7. The SMILES string of the molecule is CCOC(=O)c1ccc2c(ccc3cc(C(=O)OCC)ccc32)c1. The minimum atomic E-state index is -0.322. The van der Waals surface area contributed by atoms with E-state index in [0.717, 1.165) is 21.5 Å². The van der Waals surface area contributed by atoms with Crippen molar-refractivity contribution >= 4 is 33.5 Å². The largest absolute Gasteiger partial charge is 0.462 e. The maximum absolute atomic E-state index is 11.9. The van der Waals surface area contributed by atoms with Crippen LogP contribution in [0.25, 0.3) is 21.5 Å². The second-order valence-corrected chi connectivity index (χ2v) is 5.38. The van der Waals surface area contributed by atoms with E-state index >= 15 is 0 Å². The first-order valence-corrected chi connectivity index (χ1v) is 7.94. The molecule has 0 spiro atoms. The van der Waals surface area contributed by atoms with E-state index in [0.29, 0.717) is 24.3 Å². The van der Waals surface area contributed by atoms with Gasteiger partial charge in [0.15, 0.2) is 0 Å².